The summed E-state index contributed by atoms with van der Waals surface area (Å²) < 4.78 is 30.7. The Hall–Kier alpha value is -2.56. The van der Waals surface area contributed by atoms with Gasteiger partial charge in [-0.15, -0.1) is 10.2 Å². The van der Waals surface area contributed by atoms with Gasteiger partial charge in [-0.25, -0.2) is 8.42 Å². The van der Waals surface area contributed by atoms with Gasteiger partial charge in [0, 0.05) is 29.4 Å². The second kappa shape index (κ2) is 9.74. The quantitative estimate of drug-likeness (QED) is 0.453. The summed E-state index contributed by atoms with van der Waals surface area (Å²) >= 11 is 7.30. The fourth-order valence-electron chi connectivity index (χ4n) is 3.63. The minimum Gasteiger partial charge on any atom is -0.497 e. The fraction of sp³-hybridized carbons (Fsp3) is 0.318. The summed E-state index contributed by atoms with van der Waals surface area (Å²) in [5.74, 6) is 1.43. The highest BCUT2D eigenvalue weighted by Crippen LogP contribution is 2.30. The van der Waals surface area contributed by atoms with Crippen LogP contribution in [0.1, 0.15) is 6.42 Å². The molecule has 1 aromatic heterocycles. The largest absolute Gasteiger partial charge is 0.497 e. The van der Waals surface area contributed by atoms with Gasteiger partial charge in [-0.3, -0.25) is 9.36 Å². The predicted molar refractivity (Wildman–Crippen MR) is 129 cm³/mol. The summed E-state index contributed by atoms with van der Waals surface area (Å²) in [6.45, 7) is 0. The molecular weight excluding hydrogens is 484 g/mol. The van der Waals surface area contributed by atoms with Crippen molar-refractivity contribution in [3.8, 4) is 22.8 Å². The van der Waals surface area contributed by atoms with Gasteiger partial charge < -0.3 is 9.64 Å². The van der Waals surface area contributed by atoms with Crippen LogP contribution < -0.4 is 4.74 Å². The average Bonchev–Trinajstić information content (AvgIpc) is 3.40. The maximum Gasteiger partial charge on any atom is 0.233 e. The molecule has 1 aliphatic rings. The van der Waals surface area contributed by atoms with Gasteiger partial charge in [0.15, 0.2) is 20.8 Å². The lowest BCUT2D eigenvalue weighted by Crippen LogP contribution is -2.38. The molecule has 1 atom stereocenters. The van der Waals surface area contributed by atoms with Crippen molar-refractivity contribution in [2.45, 2.75) is 17.6 Å². The average molecular weight is 507 g/mol. The lowest BCUT2D eigenvalue weighted by atomic mass is 10.2. The molecule has 4 rings (SSSR count). The molecular formula is C22H23ClN4O4S2. The van der Waals surface area contributed by atoms with Crippen LogP contribution >= 0.6 is 23.4 Å². The van der Waals surface area contributed by atoms with Gasteiger partial charge in [-0.2, -0.15) is 0 Å². The zero-order valence-corrected chi connectivity index (χ0v) is 20.5. The molecule has 0 aliphatic carbocycles. The Kier molecular flexibility index (Phi) is 6.96. The molecule has 1 aliphatic heterocycles. The summed E-state index contributed by atoms with van der Waals surface area (Å²) in [5.41, 5.74) is 1.64. The number of carbonyl (C=O) groups is 1. The maximum atomic E-state index is 12.8. The first-order chi connectivity index (χ1) is 15.8. The highest BCUT2D eigenvalue weighted by molar-refractivity contribution is 7.99. The summed E-state index contributed by atoms with van der Waals surface area (Å²) in [6, 6.07) is 14.5. The van der Waals surface area contributed by atoms with Crippen molar-refractivity contribution in [2.75, 3.05) is 31.4 Å². The molecule has 3 aromatic rings. The van der Waals surface area contributed by atoms with Crippen LogP contribution in [0.3, 0.4) is 0 Å². The first-order valence-corrected chi connectivity index (χ1v) is 13.4. The number of sulfone groups is 1. The molecule has 1 amide bonds. The van der Waals surface area contributed by atoms with Crippen molar-refractivity contribution in [1.29, 1.82) is 0 Å². The van der Waals surface area contributed by atoms with E-state index in [9.17, 15) is 13.2 Å². The lowest BCUT2D eigenvalue weighted by molar-refractivity contribution is -0.128. The number of amides is 1. The molecule has 2 aromatic carbocycles. The van der Waals surface area contributed by atoms with Crippen molar-refractivity contribution >= 4 is 39.1 Å². The minimum atomic E-state index is -3.07. The van der Waals surface area contributed by atoms with Gasteiger partial charge in [-0.1, -0.05) is 23.4 Å². The van der Waals surface area contributed by atoms with E-state index in [1.54, 1.807) is 26.3 Å². The van der Waals surface area contributed by atoms with E-state index in [0.717, 1.165) is 17.0 Å². The van der Waals surface area contributed by atoms with Crippen molar-refractivity contribution < 1.29 is 17.9 Å². The second-order valence-corrected chi connectivity index (χ2v) is 11.3. The summed E-state index contributed by atoms with van der Waals surface area (Å²) in [4.78, 5) is 14.3. The standard InChI is InChI=1S/C22H23ClN4O4S2/c1-26(18-11-12-33(29,30)14-18)20(28)13-32-22-25-24-21(15-3-5-16(23)6-4-15)27(22)17-7-9-19(31-2)10-8-17/h3-10,18H,11-14H2,1-2H3/t18-/m1/s1. The number of methoxy groups -OCH3 is 1. The smallest absolute Gasteiger partial charge is 0.233 e. The van der Waals surface area contributed by atoms with E-state index < -0.39 is 9.84 Å². The van der Waals surface area contributed by atoms with Crippen LogP contribution in [0, 0.1) is 0 Å². The van der Waals surface area contributed by atoms with E-state index in [-0.39, 0.29) is 29.2 Å². The summed E-state index contributed by atoms with van der Waals surface area (Å²) in [7, 11) is 0.191. The number of rotatable bonds is 7. The molecule has 2 heterocycles. The van der Waals surface area contributed by atoms with E-state index >= 15 is 0 Å². The number of nitrogens with zero attached hydrogens (tertiary/aromatic N) is 4. The number of hydrogen-bond acceptors (Lipinski definition) is 7. The van der Waals surface area contributed by atoms with Crippen molar-refractivity contribution in [3.63, 3.8) is 0 Å². The van der Waals surface area contributed by atoms with Gasteiger partial charge >= 0.3 is 0 Å². The number of halogens is 1. The third-order valence-electron chi connectivity index (χ3n) is 5.54. The Morgan fingerprint density at radius 3 is 2.48 bits per heavy atom. The zero-order valence-electron chi connectivity index (χ0n) is 18.1. The third-order valence-corrected chi connectivity index (χ3v) is 8.46. The highest BCUT2D eigenvalue weighted by Gasteiger charge is 2.32. The Bertz CT molecular complexity index is 1240. The maximum absolute atomic E-state index is 12.8. The number of carbonyl (C=O) groups excluding carboxylic acids is 1. The minimum absolute atomic E-state index is 0.0165. The molecule has 8 nitrogen and oxygen atoms in total. The van der Waals surface area contributed by atoms with Crippen LogP contribution in [-0.4, -0.2) is 71.4 Å². The van der Waals surface area contributed by atoms with E-state index in [4.69, 9.17) is 16.3 Å². The Morgan fingerprint density at radius 2 is 1.88 bits per heavy atom. The SMILES string of the molecule is COc1ccc(-n2c(SCC(=O)N(C)[C@@H]3CCS(=O)(=O)C3)nnc2-c2ccc(Cl)cc2)cc1. The predicted octanol–water partition coefficient (Wildman–Crippen LogP) is 3.33. The van der Waals surface area contributed by atoms with Crippen LogP contribution in [0.25, 0.3) is 17.1 Å². The molecule has 0 radical (unpaired) electrons. The van der Waals surface area contributed by atoms with E-state index in [1.807, 2.05) is 41.0 Å². The summed E-state index contributed by atoms with van der Waals surface area (Å²) in [5, 5.41) is 9.86. The zero-order chi connectivity index (χ0) is 23.6. The first-order valence-electron chi connectivity index (χ1n) is 10.2. The van der Waals surface area contributed by atoms with Crippen LogP contribution in [-0.2, 0) is 14.6 Å². The van der Waals surface area contributed by atoms with Crippen LogP contribution in [0.5, 0.6) is 5.75 Å². The van der Waals surface area contributed by atoms with Crippen LogP contribution in [0.2, 0.25) is 5.02 Å². The van der Waals surface area contributed by atoms with E-state index in [0.29, 0.717) is 22.4 Å². The first kappa shape index (κ1) is 23.6. The monoisotopic (exact) mass is 506 g/mol. The molecule has 33 heavy (non-hydrogen) atoms. The van der Waals surface area contributed by atoms with Gasteiger partial charge in [0.25, 0.3) is 0 Å². The number of aromatic nitrogens is 3. The van der Waals surface area contributed by atoms with Gasteiger partial charge in [0.2, 0.25) is 5.91 Å². The van der Waals surface area contributed by atoms with Gasteiger partial charge in [0.05, 0.1) is 24.4 Å². The lowest BCUT2D eigenvalue weighted by Gasteiger charge is -2.23. The normalized spacial score (nSPS) is 17.1. The van der Waals surface area contributed by atoms with Gasteiger partial charge in [0.1, 0.15) is 5.75 Å². The van der Waals surface area contributed by atoms with E-state index in [2.05, 4.69) is 10.2 Å². The number of hydrogen-bond donors (Lipinski definition) is 0. The Morgan fingerprint density at radius 1 is 1.18 bits per heavy atom. The molecule has 174 valence electrons. The van der Waals surface area contributed by atoms with Crippen LogP contribution in [0.4, 0.5) is 0 Å². The number of benzene rings is 2. The fourth-order valence-corrected chi connectivity index (χ4v) is 6.40. The topological polar surface area (TPSA) is 94.4 Å². The van der Waals surface area contributed by atoms with Crippen molar-refractivity contribution in [3.05, 3.63) is 53.6 Å². The second-order valence-electron chi connectivity index (χ2n) is 7.70. The number of thioether (sulfide) groups is 1. The highest BCUT2D eigenvalue weighted by atomic mass is 35.5. The van der Waals surface area contributed by atoms with Gasteiger partial charge in [-0.05, 0) is 55.0 Å². The molecule has 0 saturated carbocycles. The molecule has 0 spiro atoms. The Labute approximate surface area is 201 Å². The van der Waals surface area contributed by atoms with Crippen LogP contribution in [0.15, 0.2) is 53.7 Å². The number of ether oxygens (including phenoxy) is 1. The molecule has 0 bridgehead atoms. The molecule has 11 heteroatoms. The molecule has 0 unspecified atom stereocenters. The molecule has 0 N–H and O–H groups in total. The Balaban J connectivity index is 1.59. The van der Waals surface area contributed by atoms with E-state index in [1.165, 1.54) is 16.7 Å². The molecule has 1 saturated heterocycles. The van der Waals surface area contributed by atoms with Crippen molar-refractivity contribution in [1.82, 2.24) is 19.7 Å². The summed E-state index contributed by atoms with van der Waals surface area (Å²) in [6.07, 6.45) is 0.470. The molecule has 1 fully saturated rings. The third kappa shape index (κ3) is 5.34. The van der Waals surface area contributed by atoms with Crippen molar-refractivity contribution in [2.24, 2.45) is 0 Å².